The molecule has 0 bridgehead atoms. The first-order valence-electron chi connectivity index (χ1n) is 4.25. The molecule has 0 heterocycles. The third kappa shape index (κ3) is 2.95. The summed E-state index contributed by atoms with van der Waals surface area (Å²) in [5.74, 6) is 1.79. The van der Waals surface area contributed by atoms with E-state index in [9.17, 15) is 0 Å². The van der Waals surface area contributed by atoms with E-state index >= 15 is 0 Å². The Morgan fingerprint density at radius 2 is 1.75 bits per heavy atom. The van der Waals surface area contributed by atoms with Gasteiger partial charge in [0.25, 0.3) is 0 Å². The molecule has 1 rings (SSSR count). The predicted molar refractivity (Wildman–Crippen MR) is 51.0 cm³/mol. The van der Waals surface area contributed by atoms with Crippen LogP contribution in [0, 0.1) is 5.92 Å². The smallest absolute Gasteiger partial charge is 0.115 e. The number of phenolic OH excluding ortho intramolecular Hbond substituents is 1. The summed E-state index contributed by atoms with van der Waals surface area (Å²) in [5, 5.41) is 9.03. The molecule has 0 aliphatic rings. The number of rotatable bonds is 3. The molecule has 65 valence electrons. The minimum Gasteiger partial charge on any atom is -0.508 e. The Balaban J connectivity index is 2.48. The van der Waals surface area contributed by atoms with Gasteiger partial charge in [0.2, 0.25) is 0 Å². The van der Waals surface area contributed by atoms with Gasteiger partial charge in [-0.3, -0.25) is 0 Å². The van der Waals surface area contributed by atoms with E-state index in [1.165, 1.54) is 11.5 Å². The predicted octanol–water partition coefficient (Wildman–Crippen LogP) is 2.94. The van der Waals surface area contributed by atoms with E-state index in [4.69, 9.17) is 5.11 Å². The van der Waals surface area contributed by atoms with Gasteiger partial charge in [-0.05, 0) is 36.5 Å². The first-order valence-corrected chi connectivity index (χ1v) is 4.25. The van der Waals surface area contributed by atoms with Crippen molar-refractivity contribution in [1.29, 1.82) is 0 Å². The summed E-state index contributed by atoms with van der Waals surface area (Å²) in [6.45, 7) is 4.28. The quantitative estimate of drug-likeness (QED) is 0.726. The van der Waals surface area contributed by atoms with Crippen LogP contribution in [0.15, 0.2) is 24.3 Å². The molecule has 1 N–H and O–H groups in total. The molecule has 0 spiro atoms. The van der Waals surface area contributed by atoms with Gasteiger partial charge >= 0.3 is 0 Å². The summed E-state index contributed by atoms with van der Waals surface area (Å²) >= 11 is 0. The second-order valence-electron chi connectivity index (χ2n) is 3.37. The molecule has 0 saturated carbocycles. The average Bonchev–Trinajstić information content (AvgIpc) is 2.03. The van der Waals surface area contributed by atoms with Crippen LogP contribution in [0.3, 0.4) is 0 Å². The highest BCUT2D eigenvalue weighted by molar-refractivity contribution is 5.26. The third-order valence-corrected chi connectivity index (χ3v) is 1.85. The van der Waals surface area contributed by atoms with Crippen molar-refractivity contribution >= 4 is 0 Å². The van der Waals surface area contributed by atoms with Crippen molar-refractivity contribution < 1.29 is 5.11 Å². The molecule has 0 saturated heterocycles. The fourth-order valence-corrected chi connectivity index (χ4v) is 1.06. The van der Waals surface area contributed by atoms with Crippen molar-refractivity contribution in [2.45, 2.75) is 26.7 Å². The summed E-state index contributed by atoms with van der Waals surface area (Å²) in [6, 6.07) is 7.41. The second-order valence-corrected chi connectivity index (χ2v) is 3.37. The van der Waals surface area contributed by atoms with Crippen LogP contribution in [-0.4, -0.2) is 5.11 Å². The molecule has 0 aliphatic carbocycles. The normalized spacial score (nSPS) is 10.6. The highest BCUT2D eigenvalue weighted by Gasteiger charge is 1.96. The van der Waals surface area contributed by atoms with E-state index in [0.717, 1.165) is 12.8 Å². The molecule has 1 radical (unpaired) electrons. The van der Waals surface area contributed by atoms with Gasteiger partial charge in [0.15, 0.2) is 0 Å². The Morgan fingerprint density at radius 1 is 1.17 bits per heavy atom. The van der Waals surface area contributed by atoms with E-state index in [2.05, 4.69) is 13.8 Å². The molecule has 0 aliphatic heterocycles. The lowest BCUT2D eigenvalue weighted by Crippen LogP contribution is -1.89. The minimum absolute atomic E-state index is 0.343. The molecule has 0 amide bonds. The monoisotopic (exact) mass is 163 g/mol. The van der Waals surface area contributed by atoms with Crippen LogP contribution < -0.4 is 0 Å². The molecule has 0 fully saturated rings. The van der Waals surface area contributed by atoms with Gasteiger partial charge < -0.3 is 5.11 Å². The molecular formula is C11H15O. The molecule has 0 aromatic heterocycles. The highest BCUT2D eigenvalue weighted by atomic mass is 16.3. The standard InChI is InChI=1S/C11H15O/c1-9(2)3-4-10-5-7-11(12)8-6-10/h5-8,12H,3-4H2,1-2H3. The van der Waals surface area contributed by atoms with Gasteiger partial charge in [-0.15, -0.1) is 0 Å². The maximum atomic E-state index is 9.03. The summed E-state index contributed by atoms with van der Waals surface area (Å²) in [6.07, 6.45) is 2.20. The minimum atomic E-state index is 0.343. The summed E-state index contributed by atoms with van der Waals surface area (Å²) in [4.78, 5) is 0. The lowest BCUT2D eigenvalue weighted by Gasteiger charge is -2.03. The van der Waals surface area contributed by atoms with Crippen molar-refractivity contribution in [2.24, 2.45) is 0 Å². The van der Waals surface area contributed by atoms with Gasteiger partial charge in [-0.1, -0.05) is 26.0 Å². The van der Waals surface area contributed by atoms with E-state index in [1.54, 1.807) is 12.1 Å². The lowest BCUT2D eigenvalue weighted by atomic mass is 10.0. The Hall–Kier alpha value is -0.980. The first kappa shape index (κ1) is 9.11. The molecule has 1 aromatic carbocycles. The molecular weight excluding hydrogens is 148 g/mol. The maximum absolute atomic E-state index is 9.03. The van der Waals surface area contributed by atoms with Crippen LogP contribution in [0.2, 0.25) is 0 Å². The van der Waals surface area contributed by atoms with E-state index in [0.29, 0.717) is 5.75 Å². The molecule has 1 heteroatoms. The Morgan fingerprint density at radius 3 is 2.25 bits per heavy atom. The van der Waals surface area contributed by atoms with Crippen molar-refractivity contribution in [3.8, 4) is 5.75 Å². The number of aromatic hydroxyl groups is 1. The van der Waals surface area contributed by atoms with Crippen LogP contribution in [0.1, 0.15) is 25.8 Å². The summed E-state index contributed by atoms with van der Waals surface area (Å²) < 4.78 is 0. The van der Waals surface area contributed by atoms with Gasteiger partial charge in [0.05, 0.1) is 0 Å². The van der Waals surface area contributed by atoms with Crippen molar-refractivity contribution in [3.63, 3.8) is 0 Å². The number of benzene rings is 1. The number of aryl methyl sites for hydroxylation is 1. The summed E-state index contributed by atoms with van der Waals surface area (Å²) in [7, 11) is 0. The van der Waals surface area contributed by atoms with Crippen LogP contribution in [0.25, 0.3) is 0 Å². The lowest BCUT2D eigenvalue weighted by molar-refractivity contribution is 0.475. The van der Waals surface area contributed by atoms with Gasteiger partial charge in [-0.25, -0.2) is 0 Å². The van der Waals surface area contributed by atoms with E-state index in [-0.39, 0.29) is 0 Å². The molecule has 0 unspecified atom stereocenters. The number of hydrogen-bond donors (Lipinski definition) is 1. The largest absolute Gasteiger partial charge is 0.508 e. The second kappa shape index (κ2) is 4.15. The summed E-state index contributed by atoms with van der Waals surface area (Å²) in [5.41, 5.74) is 1.29. The Labute approximate surface area is 74.1 Å². The maximum Gasteiger partial charge on any atom is 0.115 e. The van der Waals surface area contributed by atoms with Crippen molar-refractivity contribution in [3.05, 3.63) is 35.7 Å². The average molecular weight is 163 g/mol. The SMILES string of the molecule is C[C](C)CCc1ccc(O)cc1. The third-order valence-electron chi connectivity index (χ3n) is 1.85. The fourth-order valence-electron chi connectivity index (χ4n) is 1.06. The number of phenols is 1. The van der Waals surface area contributed by atoms with Crippen LogP contribution >= 0.6 is 0 Å². The Kier molecular flexibility index (Phi) is 3.15. The zero-order valence-corrected chi connectivity index (χ0v) is 7.67. The molecule has 1 nitrogen and oxygen atoms in total. The van der Waals surface area contributed by atoms with Gasteiger partial charge in [0, 0.05) is 0 Å². The van der Waals surface area contributed by atoms with Crippen LogP contribution in [0.4, 0.5) is 0 Å². The zero-order valence-electron chi connectivity index (χ0n) is 7.67. The van der Waals surface area contributed by atoms with Crippen LogP contribution in [0.5, 0.6) is 5.75 Å². The number of hydrogen-bond acceptors (Lipinski definition) is 1. The van der Waals surface area contributed by atoms with Crippen molar-refractivity contribution in [2.75, 3.05) is 0 Å². The fraction of sp³-hybridized carbons (Fsp3) is 0.364. The van der Waals surface area contributed by atoms with Gasteiger partial charge in [-0.2, -0.15) is 0 Å². The molecule has 0 atom stereocenters. The molecule has 12 heavy (non-hydrogen) atoms. The van der Waals surface area contributed by atoms with Gasteiger partial charge in [0.1, 0.15) is 5.75 Å². The first-order chi connectivity index (χ1) is 5.68. The van der Waals surface area contributed by atoms with E-state index in [1.807, 2.05) is 12.1 Å². The zero-order chi connectivity index (χ0) is 8.97. The Bertz CT molecular complexity index is 223. The van der Waals surface area contributed by atoms with Crippen LogP contribution in [-0.2, 0) is 6.42 Å². The topological polar surface area (TPSA) is 20.2 Å². The van der Waals surface area contributed by atoms with Crippen molar-refractivity contribution in [1.82, 2.24) is 0 Å². The molecule has 1 aromatic rings. The van der Waals surface area contributed by atoms with E-state index < -0.39 is 0 Å². The highest BCUT2D eigenvalue weighted by Crippen LogP contribution is 2.13.